The molecule has 0 aromatic carbocycles. The van der Waals surface area contributed by atoms with Gasteiger partial charge in [-0.1, -0.05) is 6.92 Å². The summed E-state index contributed by atoms with van der Waals surface area (Å²) in [7, 11) is 2.01. The number of pyridine rings is 1. The summed E-state index contributed by atoms with van der Waals surface area (Å²) in [6.45, 7) is 4.09. The number of aromatic nitrogens is 3. The lowest BCUT2D eigenvalue weighted by Gasteiger charge is -2.14. The molecule has 0 saturated heterocycles. The largest absolute Gasteiger partial charge is 0.329 e. The van der Waals surface area contributed by atoms with Crippen LogP contribution in [-0.4, -0.2) is 20.6 Å². The molecule has 0 bridgehead atoms. The van der Waals surface area contributed by atoms with Gasteiger partial charge >= 0.3 is 0 Å². The predicted molar refractivity (Wildman–Crippen MR) is 60.6 cm³/mol. The van der Waals surface area contributed by atoms with Crippen LogP contribution in [0, 0.1) is 0 Å². The van der Waals surface area contributed by atoms with Crippen LogP contribution in [0.25, 0.3) is 11.2 Å². The second-order valence-corrected chi connectivity index (χ2v) is 4.02. The highest BCUT2D eigenvalue weighted by Gasteiger charge is 2.17. The van der Waals surface area contributed by atoms with Crippen LogP contribution in [0.1, 0.15) is 25.6 Å². The fourth-order valence-electron chi connectivity index (χ4n) is 1.69. The first-order valence-electron chi connectivity index (χ1n) is 5.14. The lowest BCUT2D eigenvalue weighted by Crippen LogP contribution is -2.24. The number of hydrogen-bond donors (Lipinski definition) is 1. The van der Waals surface area contributed by atoms with Crippen LogP contribution in [0.3, 0.4) is 0 Å². The summed E-state index contributed by atoms with van der Waals surface area (Å²) in [6.07, 6.45) is 1.76. The molecule has 2 unspecified atom stereocenters. The van der Waals surface area contributed by atoms with E-state index in [1.807, 2.05) is 26.1 Å². The van der Waals surface area contributed by atoms with Crippen molar-refractivity contribution >= 4 is 11.2 Å². The van der Waals surface area contributed by atoms with Crippen molar-refractivity contribution in [3.63, 3.8) is 0 Å². The Morgan fingerprint density at radius 3 is 2.73 bits per heavy atom. The van der Waals surface area contributed by atoms with E-state index in [1.54, 1.807) is 6.20 Å². The molecule has 0 aliphatic carbocycles. The summed E-state index contributed by atoms with van der Waals surface area (Å²) in [6, 6.07) is 4.04. The van der Waals surface area contributed by atoms with Gasteiger partial charge in [0.2, 0.25) is 0 Å². The summed E-state index contributed by atoms with van der Waals surface area (Å²) in [5, 5.41) is 0. The van der Waals surface area contributed by atoms with Crippen molar-refractivity contribution < 1.29 is 0 Å². The van der Waals surface area contributed by atoms with E-state index in [1.165, 1.54) is 0 Å². The minimum atomic E-state index is 0.0977. The molecule has 0 aliphatic rings. The molecule has 2 atom stereocenters. The molecule has 4 heteroatoms. The molecule has 2 aromatic heterocycles. The highest BCUT2D eigenvalue weighted by molar-refractivity contribution is 5.71. The fourth-order valence-corrected chi connectivity index (χ4v) is 1.69. The van der Waals surface area contributed by atoms with E-state index < -0.39 is 0 Å². The lowest BCUT2D eigenvalue weighted by molar-refractivity contribution is 0.565. The number of nitrogens with zero attached hydrogens (tertiary/aromatic N) is 3. The van der Waals surface area contributed by atoms with E-state index in [-0.39, 0.29) is 12.0 Å². The van der Waals surface area contributed by atoms with Gasteiger partial charge in [0.05, 0.1) is 5.52 Å². The summed E-state index contributed by atoms with van der Waals surface area (Å²) in [4.78, 5) is 8.74. The van der Waals surface area contributed by atoms with Crippen molar-refractivity contribution in [1.82, 2.24) is 14.5 Å². The third kappa shape index (κ3) is 1.61. The zero-order valence-electron chi connectivity index (χ0n) is 9.31. The number of fused-ring (bicyclic) bond motifs is 1. The van der Waals surface area contributed by atoms with Gasteiger partial charge in [-0.3, -0.25) is 0 Å². The zero-order valence-corrected chi connectivity index (χ0v) is 9.31. The molecular formula is C11H16N4. The molecule has 2 N–H and O–H groups in total. The van der Waals surface area contributed by atoms with E-state index in [4.69, 9.17) is 5.73 Å². The molecule has 0 radical (unpaired) electrons. The van der Waals surface area contributed by atoms with Crippen LogP contribution < -0.4 is 5.73 Å². The summed E-state index contributed by atoms with van der Waals surface area (Å²) < 4.78 is 2.07. The SMILES string of the molecule is CC(N)C(C)c1nc2ncccc2n1C. The number of hydrogen-bond acceptors (Lipinski definition) is 3. The van der Waals surface area contributed by atoms with Crippen molar-refractivity contribution in [3.05, 3.63) is 24.2 Å². The summed E-state index contributed by atoms with van der Waals surface area (Å²) >= 11 is 0. The molecule has 2 rings (SSSR count). The maximum Gasteiger partial charge on any atom is 0.177 e. The minimum absolute atomic E-state index is 0.0977. The number of imidazole rings is 1. The first kappa shape index (κ1) is 10.1. The van der Waals surface area contributed by atoms with Gasteiger partial charge in [0.25, 0.3) is 0 Å². The number of aryl methyl sites for hydroxylation is 1. The van der Waals surface area contributed by atoms with Crippen LogP contribution >= 0.6 is 0 Å². The molecular weight excluding hydrogens is 188 g/mol. The average Bonchev–Trinajstić information content (AvgIpc) is 2.56. The van der Waals surface area contributed by atoms with Crippen LogP contribution in [0.5, 0.6) is 0 Å². The first-order chi connectivity index (χ1) is 7.11. The number of rotatable bonds is 2. The Bertz CT molecular complexity index is 472. The van der Waals surface area contributed by atoms with Crippen molar-refractivity contribution in [2.45, 2.75) is 25.8 Å². The standard InChI is InChI=1S/C11H16N4/c1-7(8(2)12)11-14-10-9(15(11)3)5-4-6-13-10/h4-8H,12H2,1-3H3. The van der Waals surface area contributed by atoms with Gasteiger partial charge in [-0.05, 0) is 19.1 Å². The van der Waals surface area contributed by atoms with Crippen LogP contribution in [0.15, 0.2) is 18.3 Å². The Morgan fingerprint density at radius 2 is 2.13 bits per heavy atom. The molecule has 0 spiro atoms. The second kappa shape index (κ2) is 3.62. The Balaban J connectivity index is 2.58. The maximum atomic E-state index is 5.88. The summed E-state index contributed by atoms with van der Waals surface area (Å²) in [5.41, 5.74) is 7.73. The Hall–Kier alpha value is -1.42. The van der Waals surface area contributed by atoms with Gasteiger partial charge in [0.15, 0.2) is 5.65 Å². The van der Waals surface area contributed by atoms with Crippen LogP contribution in [0.2, 0.25) is 0 Å². The highest BCUT2D eigenvalue weighted by Crippen LogP contribution is 2.20. The third-order valence-electron chi connectivity index (χ3n) is 2.89. The van der Waals surface area contributed by atoms with Crippen molar-refractivity contribution in [2.75, 3.05) is 0 Å². The van der Waals surface area contributed by atoms with Crippen molar-refractivity contribution in [2.24, 2.45) is 12.8 Å². The van der Waals surface area contributed by atoms with Crippen molar-refractivity contribution in [3.8, 4) is 0 Å². The smallest absolute Gasteiger partial charge is 0.177 e. The minimum Gasteiger partial charge on any atom is -0.329 e. The monoisotopic (exact) mass is 204 g/mol. The van der Waals surface area contributed by atoms with Crippen LogP contribution in [-0.2, 0) is 7.05 Å². The Kier molecular flexibility index (Phi) is 2.44. The van der Waals surface area contributed by atoms with Gasteiger partial charge in [0, 0.05) is 25.2 Å². The zero-order chi connectivity index (χ0) is 11.0. The highest BCUT2D eigenvalue weighted by atomic mass is 15.1. The molecule has 0 saturated carbocycles. The van der Waals surface area contributed by atoms with E-state index >= 15 is 0 Å². The fraction of sp³-hybridized carbons (Fsp3) is 0.455. The van der Waals surface area contributed by atoms with E-state index in [0.29, 0.717) is 0 Å². The maximum absolute atomic E-state index is 5.88. The van der Waals surface area contributed by atoms with Gasteiger partial charge in [-0.25, -0.2) is 9.97 Å². The second-order valence-electron chi connectivity index (χ2n) is 4.02. The Labute approximate surface area is 89.1 Å². The normalized spacial score (nSPS) is 15.5. The Morgan fingerprint density at radius 1 is 1.40 bits per heavy atom. The predicted octanol–water partition coefficient (Wildman–Crippen LogP) is 1.42. The summed E-state index contributed by atoms with van der Waals surface area (Å²) in [5.74, 6) is 1.24. The van der Waals surface area contributed by atoms with Gasteiger partial charge in [-0.2, -0.15) is 0 Å². The topological polar surface area (TPSA) is 56.7 Å². The van der Waals surface area contributed by atoms with E-state index in [0.717, 1.165) is 17.0 Å². The molecule has 0 aliphatic heterocycles. The van der Waals surface area contributed by atoms with E-state index in [2.05, 4.69) is 21.5 Å². The first-order valence-corrected chi connectivity index (χ1v) is 5.14. The van der Waals surface area contributed by atoms with Crippen LogP contribution in [0.4, 0.5) is 0 Å². The molecule has 0 amide bonds. The molecule has 0 fully saturated rings. The number of nitrogens with two attached hydrogens (primary N) is 1. The van der Waals surface area contributed by atoms with E-state index in [9.17, 15) is 0 Å². The molecule has 2 aromatic rings. The lowest BCUT2D eigenvalue weighted by atomic mass is 10.0. The quantitative estimate of drug-likeness (QED) is 0.804. The average molecular weight is 204 g/mol. The third-order valence-corrected chi connectivity index (χ3v) is 2.89. The molecule has 2 heterocycles. The van der Waals surface area contributed by atoms with Gasteiger partial charge < -0.3 is 10.3 Å². The molecule has 80 valence electrons. The molecule has 15 heavy (non-hydrogen) atoms. The van der Waals surface area contributed by atoms with Gasteiger partial charge in [-0.15, -0.1) is 0 Å². The molecule has 4 nitrogen and oxygen atoms in total. The van der Waals surface area contributed by atoms with Gasteiger partial charge in [0.1, 0.15) is 5.82 Å². The van der Waals surface area contributed by atoms with Crippen molar-refractivity contribution in [1.29, 1.82) is 0 Å².